The minimum absolute atomic E-state index is 0.230. The molecule has 1 aliphatic heterocycles. The number of fused-ring (bicyclic) bond motifs is 1. The van der Waals surface area contributed by atoms with E-state index in [2.05, 4.69) is 20.6 Å². The van der Waals surface area contributed by atoms with Gasteiger partial charge in [0.2, 0.25) is 5.82 Å². The zero-order chi connectivity index (χ0) is 13.2. The molecule has 1 N–H and O–H groups in total. The maximum absolute atomic E-state index is 8.79. The van der Waals surface area contributed by atoms with Gasteiger partial charge in [0.25, 0.3) is 0 Å². The van der Waals surface area contributed by atoms with Gasteiger partial charge < -0.3 is 14.7 Å². The van der Waals surface area contributed by atoms with E-state index in [0.29, 0.717) is 23.0 Å². The molecule has 8 nitrogen and oxygen atoms in total. The summed E-state index contributed by atoms with van der Waals surface area (Å²) >= 11 is 0. The maximum atomic E-state index is 8.79. The number of rotatable bonds is 3. The summed E-state index contributed by atoms with van der Waals surface area (Å²) in [5.41, 5.74) is 1.28. The summed E-state index contributed by atoms with van der Waals surface area (Å²) in [6.45, 7) is 0.495. The highest BCUT2D eigenvalue weighted by Gasteiger charge is 2.20. The first-order valence-corrected chi connectivity index (χ1v) is 5.60. The van der Waals surface area contributed by atoms with Gasteiger partial charge in [0.05, 0.1) is 7.05 Å². The minimum Gasteiger partial charge on any atom is -0.486 e. The number of ether oxygens (including phenoxy) is 2. The van der Waals surface area contributed by atoms with Crippen LogP contribution in [0.25, 0.3) is 0 Å². The third-order valence-corrected chi connectivity index (χ3v) is 2.67. The molecule has 0 saturated heterocycles. The average molecular weight is 261 g/mol. The molecule has 98 valence electrons. The van der Waals surface area contributed by atoms with Crippen LogP contribution < -0.4 is 9.47 Å². The lowest BCUT2D eigenvalue weighted by atomic mass is 10.1. The van der Waals surface area contributed by atoms with Crippen molar-refractivity contribution < 1.29 is 14.7 Å². The Morgan fingerprint density at radius 1 is 1.53 bits per heavy atom. The van der Waals surface area contributed by atoms with Gasteiger partial charge in [-0.25, -0.2) is 0 Å². The van der Waals surface area contributed by atoms with E-state index in [1.165, 1.54) is 4.80 Å². The molecule has 0 atom stereocenters. The Hall–Kier alpha value is -2.64. The molecule has 3 rings (SSSR count). The maximum Gasteiger partial charge on any atom is 0.212 e. The second-order valence-corrected chi connectivity index (χ2v) is 3.98. The van der Waals surface area contributed by atoms with E-state index in [1.807, 2.05) is 0 Å². The fraction of sp³-hybridized carbons (Fsp3) is 0.273. The molecule has 0 fully saturated rings. The van der Waals surface area contributed by atoms with Gasteiger partial charge in [0, 0.05) is 11.6 Å². The first-order chi connectivity index (χ1) is 9.26. The van der Waals surface area contributed by atoms with Crippen molar-refractivity contribution in [3.05, 3.63) is 29.6 Å². The van der Waals surface area contributed by atoms with Crippen molar-refractivity contribution in [2.24, 2.45) is 12.2 Å². The molecule has 0 unspecified atom stereocenters. The van der Waals surface area contributed by atoms with Crippen molar-refractivity contribution in [1.82, 2.24) is 20.2 Å². The van der Waals surface area contributed by atoms with E-state index < -0.39 is 0 Å². The summed E-state index contributed by atoms with van der Waals surface area (Å²) in [5.74, 6) is 1.77. The zero-order valence-corrected chi connectivity index (χ0v) is 10.1. The number of nitrogens with zero attached hydrogens (tertiary/aromatic N) is 5. The highest BCUT2D eigenvalue weighted by molar-refractivity contribution is 6.05. The van der Waals surface area contributed by atoms with E-state index in [9.17, 15) is 0 Å². The molecule has 0 aliphatic carbocycles. The van der Waals surface area contributed by atoms with E-state index in [4.69, 9.17) is 14.7 Å². The predicted molar refractivity (Wildman–Crippen MR) is 63.4 cm³/mol. The largest absolute Gasteiger partial charge is 0.486 e. The van der Waals surface area contributed by atoms with Gasteiger partial charge in [-0.2, -0.15) is 4.80 Å². The monoisotopic (exact) mass is 261 g/mol. The molecule has 2 aromatic rings. The molecule has 0 radical (unpaired) electrons. The van der Waals surface area contributed by atoms with Crippen LogP contribution in [0.15, 0.2) is 23.4 Å². The molecule has 0 bridgehead atoms. The number of tetrazole rings is 1. The van der Waals surface area contributed by atoms with Gasteiger partial charge in [0.1, 0.15) is 23.8 Å². The summed E-state index contributed by atoms with van der Waals surface area (Å²) in [4.78, 5) is 1.37. The summed E-state index contributed by atoms with van der Waals surface area (Å²) in [7, 11) is 1.69. The van der Waals surface area contributed by atoms with Crippen LogP contribution in [0.5, 0.6) is 11.5 Å². The van der Waals surface area contributed by atoms with Crippen molar-refractivity contribution >= 4 is 5.71 Å². The van der Waals surface area contributed by atoms with Gasteiger partial charge >= 0.3 is 0 Å². The molecule has 0 amide bonds. The SMILES string of the molecule is Cn1nnc(COc2ccc3c(c2)OC/C3=N\O)n1. The third-order valence-electron chi connectivity index (χ3n) is 2.67. The lowest BCUT2D eigenvalue weighted by Gasteiger charge is -2.05. The molecule has 2 heterocycles. The van der Waals surface area contributed by atoms with Gasteiger partial charge in [-0.05, 0) is 17.3 Å². The Bertz CT molecular complexity index is 637. The normalized spacial score (nSPS) is 15.3. The van der Waals surface area contributed by atoms with Crippen LogP contribution in [-0.4, -0.2) is 37.7 Å². The molecule has 0 saturated carbocycles. The number of aryl methyl sites for hydroxylation is 1. The highest BCUT2D eigenvalue weighted by atomic mass is 16.5. The highest BCUT2D eigenvalue weighted by Crippen LogP contribution is 2.30. The van der Waals surface area contributed by atoms with E-state index in [-0.39, 0.29) is 13.2 Å². The van der Waals surface area contributed by atoms with Crippen molar-refractivity contribution in [2.45, 2.75) is 6.61 Å². The fourth-order valence-electron chi connectivity index (χ4n) is 1.79. The van der Waals surface area contributed by atoms with Gasteiger partial charge in [-0.15, -0.1) is 10.2 Å². The number of aromatic nitrogens is 4. The molecule has 1 aromatic carbocycles. The van der Waals surface area contributed by atoms with Gasteiger partial charge in [-0.3, -0.25) is 0 Å². The average Bonchev–Trinajstić information content (AvgIpc) is 3.01. The zero-order valence-electron chi connectivity index (χ0n) is 10.1. The van der Waals surface area contributed by atoms with E-state index in [1.54, 1.807) is 25.2 Å². The first kappa shape index (κ1) is 11.5. The Labute approximate surface area is 108 Å². The first-order valence-electron chi connectivity index (χ1n) is 5.60. The van der Waals surface area contributed by atoms with Crippen LogP contribution in [-0.2, 0) is 13.7 Å². The molecule has 1 aromatic heterocycles. The van der Waals surface area contributed by atoms with Crippen molar-refractivity contribution in [3.8, 4) is 11.5 Å². The molecule has 1 aliphatic rings. The third kappa shape index (κ3) is 2.19. The molecule has 0 spiro atoms. The quantitative estimate of drug-likeness (QED) is 0.633. The second-order valence-electron chi connectivity index (χ2n) is 3.98. The number of oxime groups is 1. The van der Waals surface area contributed by atoms with E-state index in [0.717, 1.165) is 5.56 Å². The van der Waals surface area contributed by atoms with Crippen molar-refractivity contribution in [1.29, 1.82) is 0 Å². The summed E-state index contributed by atoms with van der Waals surface area (Å²) in [6.07, 6.45) is 0. The molecular weight excluding hydrogens is 250 g/mol. The predicted octanol–water partition coefficient (Wildman–Crippen LogP) is 0.360. The van der Waals surface area contributed by atoms with Crippen LogP contribution in [0.3, 0.4) is 0 Å². The van der Waals surface area contributed by atoms with Crippen LogP contribution >= 0.6 is 0 Å². The number of hydrogen-bond donors (Lipinski definition) is 1. The minimum atomic E-state index is 0.230. The van der Waals surface area contributed by atoms with E-state index >= 15 is 0 Å². The molecule has 8 heteroatoms. The standard InChI is InChI=1S/C11H11N5O3/c1-16-13-11(12-15-16)6-18-7-2-3-8-9(14-17)5-19-10(8)4-7/h2-4,17H,5-6H2,1H3/b14-9+. The Balaban J connectivity index is 1.73. The molecular formula is C11H11N5O3. The Morgan fingerprint density at radius 2 is 2.42 bits per heavy atom. The molecule has 19 heavy (non-hydrogen) atoms. The number of hydrogen-bond acceptors (Lipinski definition) is 7. The summed E-state index contributed by atoms with van der Waals surface area (Å²) in [5, 5.41) is 23.5. The lowest BCUT2D eigenvalue weighted by Crippen LogP contribution is -2.01. The Kier molecular flexibility index (Phi) is 2.75. The Morgan fingerprint density at radius 3 is 3.16 bits per heavy atom. The summed E-state index contributed by atoms with van der Waals surface area (Å²) in [6, 6.07) is 5.30. The van der Waals surface area contributed by atoms with Crippen LogP contribution in [0.4, 0.5) is 0 Å². The fourth-order valence-corrected chi connectivity index (χ4v) is 1.79. The van der Waals surface area contributed by atoms with Crippen LogP contribution in [0, 0.1) is 0 Å². The topological polar surface area (TPSA) is 94.7 Å². The summed E-state index contributed by atoms with van der Waals surface area (Å²) < 4.78 is 10.9. The lowest BCUT2D eigenvalue weighted by molar-refractivity contribution is 0.292. The smallest absolute Gasteiger partial charge is 0.212 e. The van der Waals surface area contributed by atoms with Crippen molar-refractivity contribution in [3.63, 3.8) is 0 Å². The van der Waals surface area contributed by atoms with Crippen molar-refractivity contribution in [2.75, 3.05) is 6.61 Å². The van der Waals surface area contributed by atoms with Gasteiger partial charge in [-0.1, -0.05) is 5.16 Å². The second kappa shape index (κ2) is 4.56. The van der Waals surface area contributed by atoms with Crippen LogP contribution in [0.1, 0.15) is 11.4 Å². The van der Waals surface area contributed by atoms with Gasteiger partial charge in [0.15, 0.2) is 6.61 Å². The van der Waals surface area contributed by atoms with Crippen LogP contribution in [0.2, 0.25) is 0 Å². The number of benzene rings is 1.